The van der Waals surface area contributed by atoms with Crippen LogP contribution in [0.4, 0.5) is 0 Å². The summed E-state index contributed by atoms with van der Waals surface area (Å²) in [5.41, 5.74) is 4.00. The molecular weight excluding hydrogens is 192 g/mol. The van der Waals surface area contributed by atoms with Crippen molar-refractivity contribution >= 4 is 5.57 Å². The van der Waals surface area contributed by atoms with Gasteiger partial charge in [-0.2, -0.15) is 0 Å². The second kappa shape index (κ2) is 6.84. The summed E-state index contributed by atoms with van der Waals surface area (Å²) in [7, 11) is 0. The molecule has 0 unspecified atom stereocenters. The van der Waals surface area contributed by atoms with Gasteiger partial charge in [-0.15, -0.1) is 0 Å². The van der Waals surface area contributed by atoms with E-state index < -0.39 is 0 Å². The van der Waals surface area contributed by atoms with Crippen LogP contribution in [0.15, 0.2) is 54.6 Å². The maximum atomic E-state index is 2.26. The van der Waals surface area contributed by atoms with E-state index in [1.807, 2.05) is 25.2 Å². The van der Waals surface area contributed by atoms with Crippen molar-refractivity contribution in [3.05, 3.63) is 65.8 Å². The smallest absolute Gasteiger partial charge is 0.0225 e. The zero-order valence-corrected chi connectivity index (χ0v) is 10.4. The quantitative estimate of drug-likeness (QED) is 0.630. The number of aryl methyl sites for hydroxylation is 1. The second-order valence-corrected chi connectivity index (χ2v) is 3.81. The minimum atomic E-state index is 1.09. The fourth-order valence-corrected chi connectivity index (χ4v) is 1.51. The molecule has 0 heteroatoms. The molecule has 0 saturated carbocycles. The van der Waals surface area contributed by atoms with Gasteiger partial charge in [0.05, 0.1) is 0 Å². The van der Waals surface area contributed by atoms with Gasteiger partial charge in [-0.1, -0.05) is 61.6 Å². The predicted octanol–water partition coefficient (Wildman–Crippen LogP) is 4.78. The third kappa shape index (κ3) is 3.90. The van der Waals surface area contributed by atoms with Gasteiger partial charge in [0.15, 0.2) is 0 Å². The predicted molar refractivity (Wildman–Crippen MR) is 73.4 cm³/mol. The van der Waals surface area contributed by atoms with E-state index in [0.717, 1.165) is 6.42 Å². The monoisotopic (exact) mass is 212 g/mol. The Morgan fingerprint density at radius 2 is 2.00 bits per heavy atom. The van der Waals surface area contributed by atoms with Crippen LogP contribution >= 0.6 is 0 Å². The first-order chi connectivity index (χ1) is 7.77. The summed E-state index contributed by atoms with van der Waals surface area (Å²) in [5, 5.41) is 0. The Labute approximate surface area is 99.0 Å². The summed E-state index contributed by atoms with van der Waals surface area (Å²) < 4.78 is 0. The van der Waals surface area contributed by atoms with Crippen molar-refractivity contribution in [2.45, 2.75) is 27.2 Å². The molecule has 0 radical (unpaired) electrons. The molecule has 0 atom stereocenters. The van der Waals surface area contributed by atoms with Gasteiger partial charge >= 0.3 is 0 Å². The van der Waals surface area contributed by atoms with Gasteiger partial charge in [-0.25, -0.2) is 0 Å². The zero-order chi connectivity index (χ0) is 11.8. The first kappa shape index (κ1) is 12.5. The molecule has 0 nitrogen and oxygen atoms in total. The Morgan fingerprint density at radius 3 is 2.69 bits per heavy atom. The van der Waals surface area contributed by atoms with Crippen LogP contribution in [0, 0.1) is 0 Å². The number of rotatable bonds is 4. The van der Waals surface area contributed by atoms with Crippen molar-refractivity contribution in [3.63, 3.8) is 0 Å². The van der Waals surface area contributed by atoms with Crippen LogP contribution < -0.4 is 0 Å². The average Bonchev–Trinajstić information content (AvgIpc) is 2.34. The molecular formula is C16H20. The molecule has 0 aliphatic carbocycles. The Balaban J connectivity index is 2.82. The maximum absolute atomic E-state index is 2.26. The highest BCUT2D eigenvalue weighted by atomic mass is 14.0. The molecule has 0 saturated heterocycles. The molecule has 0 N–H and O–H groups in total. The Bertz CT molecular complexity index is 406. The Morgan fingerprint density at radius 1 is 1.19 bits per heavy atom. The van der Waals surface area contributed by atoms with Crippen molar-refractivity contribution in [1.82, 2.24) is 0 Å². The van der Waals surface area contributed by atoms with Crippen LogP contribution in [0.2, 0.25) is 0 Å². The molecule has 0 aliphatic rings. The lowest BCUT2D eigenvalue weighted by Gasteiger charge is -2.03. The topological polar surface area (TPSA) is 0 Å². The largest absolute Gasteiger partial charge is 0.0877 e. The van der Waals surface area contributed by atoms with Gasteiger partial charge in [0.2, 0.25) is 0 Å². The van der Waals surface area contributed by atoms with Crippen molar-refractivity contribution in [2.24, 2.45) is 0 Å². The second-order valence-electron chi connectivity index (χ2n) is 3.81. The fourth-order valence-electron chi connectivity index (χ4n) is 1.51. The van der Waals surface area contributed by atoms with Crippen molar-refractivity contribution in [2.75, 3.05) is 0 Å². The summed E-state index contributed by atoms with van der Waals surface area (Å²) >= 11 is 0. The van der Waals surface area contributed by atoms with Crippen molar-refractivity contribution in [3.8, 4) is 0 Å². The van der Waals surface area contributed by atoms with Gasteiger partial charge in [-0.3, -0.25) is 0 Å². The SMILES string of the molecule is C\C=C/C=C\C=C(/C)c1cccc(CC)c1. The van der Waals surface area contributed by atoms with Crippen LogP contribution in [0.1, 0.15) is 31.9 Å². The van der Waals surface area contributed by atoms with Gasteiger partial charge in [-0.05, 0) is 37.0 Å². The normalized spacial score (nSPS) is 12.8. The molecule has 1 rings (SSSR count). The van der Waals surface area contributed by atoms with Crippen LogP contribution in [0.25, 0.3) is 5.57 Å². The Kier molecular flexibility index (Phi) is 5.35. The van der Waals surface area contributed by atoms with Crippen LogP contribution in [0.5, 0.6) is 0 Å². The van der Waals surface area contributed by atoms with E-state index in [9.17, 15) is 0 Å². The maximum Gasteiger partial charge on any atom is -0.0225 e. The third-order valence-corrected chi connectivity index (χ3v) is 2.55. The number of benzene rings is 1. The van der Waals surface area contributed by atoms with Gasteiger partial charge in [0.1, 0.15) is 0 Å². The lowest BCUT2D eigenvalue weighted by atomic mass is 10.0. The number of hydrogen-bond donors (Lipinski definition) is 0. The minimum absolute atomic E-state index is 1.09. The highest BCUT2D eigenvalue weighted by Gasteiger charge is 1.95. The summed E-state index contributed by atoms with van der Waals surface area (Å²) in [6.45, 7) is 6.35. The van der Waals surface area contributed by atoms with Gasteiger partial charge in [0.25, 0.3) is 0 Å². The summed E-state index contributed by atoms with van der Waals surface area (Å²) in [5.74, 6) is 0. The van der Waals surface area contributed by atoms with Crippen molar-refractivity contribution in [1.29, 1.82) is 0 Å². The lowest BCUT2D eigenvalue weighted by Crippen LogP contribution is -1.83. The van der Waals surface area contributed by atoms with E-state index in [2.05, 4.69) is 50.3 Å². The summed E-state index contributed by atoms with van der Waals surface area (Å²) in [4.78, 5) is 0. The Hall–Kier alpha value is -1.56. The molecule has 0 fully saturated rings. The van der Waals surface area contributed by atoms with Crippen molar-refractivity contribution < 1.29 is 0 Å². The minimum Gasteiger partial charge on any atom is -0.0877 e. The van der Waals surface area contributed by atoms with E-state index >= 15 is 0 Å². The third-order valence-electron chi connectivity index (χ3n) is 2.55. The first-order valence-electron chi connectivity index (χ1n) is 5.83. The average molecular weight is 212 g/mol. The van der Waals surface area contributed by atoms with E-state index in [1.54, 1.807) is 0 Å². The van der Waals surface area contributed by atoms with E-state index in [4.69, 9.17) is 0 Å². The lowest BCUT2D eigenvalue weighted by molar-refractivity contribution is 1.14. The summed E-state index contributed by atoms with van der Waals surface area (Å²) in [6.07, 6.45) is 11.4. The molecule has 0 spiro atoms. The standard InChI is InChI=1S/C16H20/c1-4-6-7-8-10-14(3)16-12-9-11-15(5-2)13-16/h4,6-13H,5H2,1-3H3/b6-4-,8-7-,14-10+. The molecule has 0 aromatic heterocycles. The fraction of sp³-hybridized carbons (Fsp3) is 0.250. The molecule has 0 amide bonds. The van der Waals surface area contributed by atoms with E-state index in [1.165, 1.54) is 16.7 Å². The number of hydrogen-bond acceptors (Lipinski definition) is 0. The molecule has 0 heterocycles. The molecule has 0 bridgehead atoms. The zero-order valence-electron chi connectivity index (χ0n) is 10.4. The van der Waals surface area contributed by atoms with E-state index in [0.29, 0.717) is 0 Å². The van der Waals surface area contributed by atoms with Gasteiger partial charge < -0.3 is 0 Å². The first-order valence-corrected chi connectivity index (χ1v) is 5.83. The van der Waals surface area contributed by atoms with Gasteiger partial charge in [0, 0.05) is 0 Å². The molecule has 16 heavy (non-hydrogen) atoms. The molecule has 1 aromatic carbocycles. The van der Waals surface area contributed by atoms with Crippen LogP contribution in [0.3, 0.4) is 0 Å². The van der Waals surface area contributed by atoms with Crippen LogP contribution in [-0.4, -0.2) is 0 Å². The number of allylic oxidation sites excluding steroid dienone is 6. The summed E-state index contributed by atoms with van der Waals surface area (Å²) in [6, 6.07) is 8.72. The molecule has 0 aliphatic heterocycles. The highest BCUT2D eigenvalue weighted by molar-refractivity contribution is 5.65. The van der Waals surface area contributed by atoms with E-state index in [-0.39, 0.29) is 0 Å². The van der Waals surface area contributed by atoms with Crippen LogP contribution in [-0.2, 0) is 6.42 Å². The highest BCUT2D eigenvalue weighted by Crippen LogP contribution is 2.15. The molecule has 84 valence electrons. The molecule has 1 aromatic rings.